The molecule has 0 aliphatic carbocycles. The molecule has 3 aromatic rings. The van der Waals surface area contributed by atoms with Gasteiger partial charge in [0.05, 0.1) is 11.7 Å². The number of aryl methyl sites for hydroxylation is 1. The molecule has 2 aromatic carbocycles. The van der Waals surface area contributed by atoms with Crippen LogP contribution in [0.3, 0.4) is 0 Å². The molecular weight excluding hydrogens is 429 g/mol. The molecule has 1 heterocycles. The summed E-state index contributed by atoms with van der Waals surface area (Å²) < 4.78 is 15.0. The summed E-state index contributed by atoms with van der Waals surface area (Å²) in [7, 11) is 0. The van der Waals surface area contributed by atoms with E-state index in [1.807, 2.05) is 42.7 Å². The van der Waals surface area contributed by atoms with E-state index in [2.05, 4.69) is 15.5 Å². The Hall–Kier alpha value is -3.20. The molecule has 1 atom stereocenters. The van der Waals surface area contributed by atoms with Gasteiger partial charge in [0, 0.05) is 18.7 Å². The second-order valence-electron chi connectivity index (χ2n) is 7.39. The molecule has 2 amide bonds. The number of hydrogen-bond acceptors (Lipinski definition) is 5. The molecule has 9 heteroatoms. The molecule has 32 heavy (non-hydrogen) atoms. The average Bonchev–Trinajstić information content (AvgIpc) is 3.19. The number of halogens is 1. The van der Waals surface area contributed by atoms with Crippen LogP contribution in [-0.4, -0.2) is 38.9 Å². The topological polar surface area (TPSA) is 103 Å². The minimum Gasteiger partial charge on any atom is -0.369 e. The summed E-state index contributed by atoms with van der Waals surface area (Å²) in [6, 6.07) is 13.8. The summed E-state index contributed by atoms with van der Waals surface area (Å²) in [5.41, 5.74) is 8.36. The van der Waals surface area contributed by atoms with Crippen molar-refractivity contribution in [3.63, 3.8) is 0 Å². The number of thioether (sulfide) groups is 1. The van der Waals surface area contributed by atoms with E-state index in [0.29, 0.717) is 18.1 Å². The lowest BCUT2D eigenvalue weighted by Crippen LogP contribution is -2.38. The fourth-order valence-corrected chi connectivity index (χ4v) is 4.13. The Bertz CT molecular complexity index is 1080. The first kappa shape index (κ1) is 23.5. The fraction of sp³-hybridized carbons (Fsp3) is 0.304. The first-order valence-electron chi connectivity index (χ1n) is 10.3. The molecule has 3 N–H and O–H groups in total. The molecule has 7 nitrogen and oxygen atoms in total. The van der Waals surface area contributed by atoms with Gasteiger partial charge >= 0.3 is 0 Å². The van der Waals surface area contributed by atoms with Crippen molar-refractivity contribution in [2.45, 2.75) is 32.0 Å². The summed E-state index contributed by atoms with van der Waals surface area (Å²) >= 11 is 1.29. The van der Waals surface area contributed by atoms with E-state index in [9.17, 15) is 14.0 Å². The number of aromatic nitrogens is 3. The summed E-state index contributed by atoms with van der Waals surface area (Å²) in [6.07, 6.45) is 0.326. The third-order valence-electron chi connectivity index (χ3n) is 5.09. The van der Waals surface area contributed by atoms with Crippen molar-refractivity contribution in [3.05, 3.63) is 65.5 Å². The highest BCUT2D eigenvalue weighted by Crippen LogP contribution is 2.26. The quantitative estimate of drug-likeness (QED) is 0.458. The van der Waals surface area contributed by atoms with E-state index in [4.69, 9.17) is 5.73 Å². The fourth-order valence-electron chi connectivity index (χ4n) is 3.30. The van der Waals surface area contributed by atoms with Gasteiger partial charge in [0.25, 0.3) is 0 Å². The molecule has 0 aliphatic rings. The van der Waals surface area contributed by atoms with Gasteiger partial charge in [-0.1, -0.05) is 48.2 Å². The predicted octanol–water partition coefficient (Wildman–Crippen LogP) is 2.97. The van der Waals surface area contributed by atoms with Crippen molar-refractivity contribution in [1.82, 2.24) is 20.1 Å². The Morgan fingerprint density at radius 2 is 1.88 bits per heavy atom. The first-order chi connectivity index (χ1) is 15.4. The lowest BCUT2D eigenvalue weighted by Gasteiger charge is -2.14. The van der Waals surface area contributed by atoms with E-state index in [-0.39, 0.29) is 24.0 Å². The highest BCUT2D eigenvalue weighted by Gasteiger charge is 2.19. The van der Waals surface area contributed by atoms with Crippen LogP contribution in [0.15, 0.2) is 53.7 Å². The van der Waals surface area contributed by atoms with Gasteiger partial charge < -0.3 is 15.6 Å². The summed E-state index contributed by atoms with van der Waals surface area (Å²) in [4.78, 5) is 24.2. The number of nitrogens with two attached hydrogens (primary N) is 1. The maximum absolute atomic E-state index is 13.1. The monoisotopic (exact) mass is 455 g/mol. The van der Waals surface area contributed by atoms with Crippen LogP contribution in [0, 0.1) is 18.7 Å². The Balaban J connectivity index is 1.58. The number of nitrogens with one attached hydrogen (secondary N) is 1. The van der Waals surface area contributed by atoms with E-state index >= 15 is 0 Å². The van der Waals surface area contributed by atoms with Crippen LogP contribution in [0.1, 0.15) is 18.1 Å². The van der Waals surface area contributed by atoms with Crippen molar-refractivity contribution in [3.8, 4) is 11.4 Å². The van der Waals surface area contributed by atoms with Crippen molar-refractivity contribution in [2.75, 3.05) is 12.3 Å². The molecule has 1 aromatic heterocycles. The average molecular weight is 456 g/mol. The number of carbonyl (C=O) groups excluding carboxylic acids is 2. The van der Waals surface area contributed by atoms with Gasteiger partial charge in [-0.15, -0.1) is 10.2 Å². The number of primary amides is 1. The second-order valence-corrected chi connectivity index (χ2v) is 8.33. The van der Waals surface area contributed by atoms with Gasteiger partial charge in [0.15, 0.2) is 11.0 Å². The van der Waals surface area contributed by atoms with Crippen LogP contribution in [0.2, 0.25) is 0 Å². The molecule has 168 valence electrons. The Morgan fingerprint density at radius 3 is 2.53 bits per heavy atom. The minimum atomic E-state index is -0.582. The van der Waals surface area contributed by atoms with Crippen LogP contribution in [0.25, 0.3) is 11.4 Å². The van der Waals surface area contributed by atoms with Crippen molar-refractivity contribution in [1.29, 1.82) is 0 Å². The number of rotatable bonds is 10. The van der Waals surface area contributed by atoms with Crippen molar-refractivity contribution >= 4 is 23.6 Å². The molecule has 1 unspecified atom stereocenters. The van der Waals surface area contributed by atoms with Gasteiger partial charge in [-0.25, -0.2) is 4.39 Å². The van der Waals surface area contributed by atoms with Gasteiger partial charge in [-0.3, -0.25) is 9.59 Å². The molecular formula is C23H26FN5O2S. The maximum Gasteiger partial charge on any atom is 0.230 e. The van der Waals surface area contributed by atoms with Gasteiger partial charge in [-0.2, -0.15) is 0 Å². The van der Waals surface area contributed by atoms with Gasteiger partial charge in [-0.05, 0) is 43.5 Å². The molecule has 0 bridgehead atoms. The Morgan fingerprint density at radius 1 is 1.16 bits per heavy atom. The largest absolute Gasteiger partial charge is 0.369 e. The van der Waals surface area contributed by atoms with Crippen molar-refractivity contribution < 1.29 is 14.0 Å². The Kier molecular flexibility index (Phi) is 7.99. The second kappa shape index (κ2) is 10.9. The molecule has 0 saturated carbocycles. The molecule has 3 rings (SSSR count). The van der Waals surface area contributed by atoms with Crippen molar-refractivity contribution in [2.24, 2.45) is 11.7 Å². The molecule has 0 fully saturated rings. The van der Waals surface area contributed by atoms with Gasteiger partial charge in [0.1, 0.15) is 5.82 Å². The molecule has 0 saturated heterocycles. The zero-order valence-electron chi connectivity index (χ0n) is 18.0. The number of hydrogen-bond donors (Lipinski definition) is 2. The number of carbonyl (C=O) groups is 2. The SMILES string of the molecule is CCn1c(SCC(=O)NCC(Cc2ccc(F)cc2)C(N)=O)nnc1-c1ccccc1C. The van der Waals surface area contributed by atoms with Crippen LogP contribution in [-0.2, 0) is 22.6 Å². The normalized spacial score (nSPS) is 11.8. The molecule has 0 radical (unpaired) electrons. The maximum atomic E-state index is 13.1. The highest BCUT2D eigenvalue weighted by atomic mass is 32.2. The first-order valence-corrected chi connectivity index (χ1v) is 11.3. The van der Waals surface area contributed by atoms with E-state index in [1.54, 1.807) is 12.1 Å². The van der Waals surface area contributed by atoms with E-state index in [0.717, 1.165) is 22.5 Å². The summed E-state index contributed by atoms with van der Waals surface area (Å²) in [5, 5.41) is 12.0. The smallest absolute Gasteiger partial charge is 0.230 e. The zero-order chi connectivity index (χ0) is 23.1. The van der Waals surface area contributed by atoms with Crippen LogP contribution >= 0.6 is 11.8 Å². The molecule has 0 spiro atoms. The standard InChI is InChI=1S/C23H26FN5O2S/c1-3-29-22(19-7-5-4-6-15(19)2)27-28-23(29)32-14-20(30)26-13-17(21(25)31)12-16-8-10-18(24)11-9-16/h4-11,17H,3,12-14H2,1-2H3,(H2,25,31)(H,26,30). The van der Waals surface area contributed by atoms with E-state index < -0.39 is 11.8 Å². The third kappa shape index (κ3) is 5.94. The molecule has 0 aliphatic heterocycles. The summed E-state index contributed by atoms with van der Waals surface area (Å²) in [6.45, 7) is 4.80. The highest BCUT2D eigenvalue weighted by molar-refractivity contribution is 7.99. The third-order valence-corrected chi connectivity index (χ3v) is 6.06. The summed E-state index contributed by atoms with van der Waals surface area (Å²) in [5.74, 6) is -0.781. The number of nitrogens with zero attached hydrogens (tertiary/aromatic N) is 3. The zero-order valence-corrected chi connectivity index (χ0v) is 18.9. The lowest BCUT2D eigenvalue weighted by atomic mass is 9.98. The predicted molar refractivity (Wildman–Crippen MR) is 122 cm³/mol. The number of benzene rings is 2. The minimum absolute atomic E-state index is 0.112. The Labute approximate surface area is 190 Å². The lowest BCUT2D eigenvalue weighted by molar-refractivity contribution is -0.122. The van der Waals surface area contributed by atoms with Crippen LogP contribution < -0.4 is 11.1 Å². The van der Waals surface area contributed by atoms with E-state index in [1.165, 1.54) is 23.9 Å². The van der Waals surface area contributed by atoms with Gasteiger partial charge in [0.2, 0.25) is 11.8 Å². The van der Waals surface area contributed by atoms with Crippen LogP contribution in [0.4, 0.5) is 4.39 Å². The number of amides is 2. The van der Waals surface area contributed by atoms with Crippen LogP contribution in [0.5, 0.6) is 0 Å².